The fourth-order valence-electron chi connectivity index (χ4n) is 4.19. The van der Waals surface area contributed by atoms with E-state index in [0.717, 1.165) is 53.3 Å². The maximum atomic E-state index is 13.7. The van der Waals surface area contributed by atoms with Gasteiger partial charge in [-0.05, 0) is 78.9 Å². The Labute approximate surface area is 196 Å². The zero-order valence-electron chi connectivity index (χ0n) is 18.8. The van der Waals surface area contributed by atoms with Crippen molar-refractivity contribution in [1.29, 1.82) is 0 Å². The Kier molecular flexibility index (Phi) is 6.61. The second kappa shape index (κ2) is 9.26. The molecule has 1 heterocycles. The lowest BCUT2D eigenvalue weighted by Gasteiger charge is -2.21. The molecule has 0 spiro atoms. The van der Waals surface area contributed by atoms with Crippen LogP contribution in [-0.2, 0) is 29.1 Å². The van der Waals surface area contributed by atoms with E-state index in [0.29, 0.717) is 16.2 Å². The number of nitrogens with zero attached hydrogens (tertiary/aromatic N) is 2. The summed E-state index contributed by atoms with van der Waals surface area (Å²) in [5.41, 5.74) is 5.17. The summed E-state index contributed by atoms with van der Waals surface area (Å²) in [4.78, 5) is 4.88. The molecule has 1 aliphatic heterocycles. The summed E-state index contributed by atoms with van der Waals surface area (Å²) >= 11 is 6.28. The van der Waals surface area contributed by atoms with Gasteiger partial charge in [0.05, 0.1) is 15.5 Å². The van der Waals surface area contributed by atoms with Gasteiger partial charge in [-0.15, -0.1) is 0 Å². The van der Waals surface area contributed by atoms with Crippen molar-refractivity contribution in [1.82, 2.24) is 4.90 Å². The molecule has 32 heavy (non-hydrogen) atoms. The van der Waals surface area contributed by atoms with E-state index in [-0.39, 0.29) is 0 Å². The molecule has 0 radical (unpaired) electrons. The molecule has 0 aliphatic carbocycles. The van der Waals surface area contributed by atoms with Gasteiger partial charge in [0, 0.05) is 32.2 Å². The van der Waals surface area contributed by atoms with E-state index < -0.39 is 9.84 Å². The van der Waals surface area contributed by atoms with Gasteiger partial charge in [-0.25, -0.2) is 8.42 Å². The molecule has 0 saturated carbocycles. The number of hydrogen-bond donors (Lipinski definition) is 0. The molecule has 4 nitrogen and oxygen atoms in total. The number of anilines is 1. The average Bonchev–Trinajstić information content (AvgIpc) is 2.96. The lowest BCUT2D eigenvalue weighted by molar-refractivity contribution is 0.352. The molecule has 1 aliphatic rings. The Balaban J connectivity index is 1.69. The number of fused-ring (bicyclic) bond motifs is 1. The summed E-state index contributed by atoms with van der Waals surface area (Å²) in [5.74, 6) is 0. The maximum absolute atomic E-state index is 13.7. The number of rotatable bonds is 5. The molecule has 4 rings (SSSR count). The topological polar surface area (TPSA) is 40.6 Å². The maximum Gasteiger partial charge on any atom is 0.208 e. The van der Waals surface area contributed by atoms with Crippen molar-refractivity contribution < 1.29 is 8.42 Å². The first-order valence-corrected chi connectivity index (χ1v) is 12.7. The molecule has 0 aromatic heterocycles. The van der Waals surface area contributed by atoms with Gasteiger partial charge in [-0.1, -0.05) is 41.9 Å². The van der Waals surface area contributed by atoms with Gasteiger partial charge in [0.15, 0.2) is 0 Å². The van der Waals surface area contributed by atoms with Crippen LogP contribution in [0.1, 0.15) is 22.3 Å². The van der Waals surface area contributed by atoms with E-state index in [2.05, 4.69) is 18.0 Å². The first kappa shape index (κ1) is 22.8. The predicted octanol–water partition coefficient (Wildman–Crippen LogP) is 4.86. The van der Waals surface area contributed by atoms with Crippen molar-refractivity contribution in [2.75, 3.05) is 39.1 Å². The third kappa shape index (κ3) is 4.70. The normalized spacial score (nSPS) is 14.6. The number of likely N-dealkylation sites (N-methyl/N-ethyl adjacent to an activating group) is 1. The van der Waals surface area contributed by atoms with E-state index in [4.69, 9.17) is 11.6 Å². The molecule has 3 aromatic carbocycles. The summed E-state index contributed by atoms with van der Waals surface area (Å²) < 4.78 is 27.3. The molecule has 0 fully saturated rings. The molecule has 168 valence electrons. The fourth-order valence-corrected chi connectivity index (χ4v) is 5.96. The molecule has 0 atom stereocenters. The van der Waals surface area contributed by atoms with Crippen LogP contribution in [0.3, 0.4) is 0 Å². The molecular formula is C26H29ClN2O2S. The largest absolute Gasteiger partial charge is 0.377 e. The van der Waals surface area contributed by atoms with Crippen LogP contribution in [0.5, 0.6) is 0 Å². The molecule has 0 N–H and O–H groups in total. The number of sulfone groups is 1. The van der Waals surface area contributed by atoms with Crippen molar-refractivity contribution in [3.8, 4) is 0 Å². The highest BCUT2D eigenvalue weighted by Gasteiger charge is 2.25. The van der Waals surface area contributed by atoms with E-state index in [1.165, 1.54) is 5.56 Å². The van der Waals surface area contributed by atoms with Crippen molar-refractivity contribution in [3.63, 3.8) is 0 Å². The highest BCUT2D eigenvalue weighted by molar-refractivity contribution is 7.91. The van der Waals surface area contributed by atoms with Gasteiger partial charge < -0.3 is 9.80 Å². The zero-order chi connectivity index (χ0) is 22.9. The van der Waals surface area contributed by atoms with E-state index in [9.17, 15) is 8.42 Å². The summed E-state index contributed by atoms with van der Waals surface area (Å²) in [7, 11) is 2.26. The first-order valence-electron chi connectivity index (χ1n) is 10.8. The van der Waals surface area contributed by atoms with E-state index in [1.807, 2.05) is 61.5 Å². The van der Waals surface area contributed by atoms with E-state index >= 15 is 0 Å². The van der Waals surface area contributed by atoms with Crippen molar-refractivity contribution in [2.45, 2.75) is 29.1 Å². The third-order valence-electron chi connectivity index (χ3n) is 6.16. The smallest absolute Gasteiger partial charge is 0.208 e. The highest BCUT2D eigenvalue weighted by Crippen LogP contribution is 2.34. The van der Waals surface area contributed by atoms with Gasteiger partial charge >= 0.3 is 0 Å². The van der Waals surface area contributed by atoms with Crippen molar-refractivity contribution >= 4 is 27.1 Å². The van der Waals surface area contributed by atoms with Crippen LogP contribution in [0.4, 0.5) is 5.69 Å². The predicted molar refractivity (Wildman–Crippen MR) is 132 cm³/mol. The number of benzene rings is 3. The van der Waals surface area contributed by atoms with Gasteiger partial charge in [0.1, 0.15) is 0 Å². The quantitative estimate of drug-likeness (QED) is 0.536. The Hall–Kier alpha value is -2.34. The Morgan fingerprint density at radius 3 is 2.19 bits per heavy atom. The Bertz CT molecular complexity index is 1220. The van der Waals surface area contributed by atoms with Crippen LogP contribution >= 0.6 is 11.6 Å². The summed E-state index contributed by atoms with van der Waals surface area (Å²) in [6.45, 7) is 1.92. The molecule has 3 aromatic rings. The second-order valence-corrected chi connectivity index (χ2v) is 11.0. The number of halogens is 1. The van der Waals surface area contributed by atoms with E-state index in [1.54, 1.807) is 12.1 Å². The van der Waals surface area contributed by atoms with Gasteiger partial charge in [-0.3, -0.25) is 0 Å². The van der Waals surface area contributed by atoms with Crippen LogP contribution in [0.2, 0.25) is 5.02 Å². The first-order chi connectivity index (χ1) is 15.3. The van der Waals surface area contributed by atoms with Crippen LogP contribution in [0, 0.1) is 0 Å². The van der Waals surface area contributed by atoms with Crippen LogP contribution < -0.4 is 4.90 Å². The Morgan fingerprint density at radius 2 is 1.56 bits per heavy atom. The van der Waals surface area contributed by atoms with Crippen LogP contribution in [-0.4, -0.2) is 47.6 Å². The molecule has 0 amide bonds. The minimum absolute atomic E-state index is 0.314. The lowest BCUT2D eigenvalue weighted by atomic mass is 10.0. The minimum Gasteiger partial charge on any atom is -0.377 e. The van der Waals surface area contributed by atoms with Gasteiger partial charge in [0.2, 0.25) is 9.84 Å². The minimum atomic E-state index is -3.65. The molecule has 0 unspecified atom stereocenters. The average molecular weight is 469 g/mol. The third-order valence-corrected chi connectivity index (χ3v) is 8.33. The summed E-state index contributed by atoms with van der Waals surface area (Å²) in [5, 5.41) is 0.718. The van der Waals surface area contributed by atoms with Crippen molar-refractivity contribution in [2.24, 2.45) is 0 Å². The lowest BCUT2D eigenvalue weighted by Crippen LogP contribution is -2.20. The molecular weight excluding hydrogens is 440 g/mol. The molecule has 0 saturated heterocycles. The highest BCUT2D eigenvalue weighted by atomic mass is 35.5. The monoisotopic (exact) mass is 468 g/mol. The second-order valence-electron chi connectivity index (χ2n) is 8.70. The van der Waals surface area contributed by atoms with Gasteiger partial charge in [0.25, 0.3) is 0 Å². The van der Waals surface area contributed by atoms with Crippen LogP contribution in [0.15, 0.2) is 70.5 Å². The summed E-state index contributed by atoms with van der Waals surface area (Å²) in [6, 6.07) is 18.9. The van der Waals surface area contributed by atoms with Gasteiger partial charge in [-0.2, -0.15) is 0 Å². The Morgan fingerprint density at radius 1 is 0.938 bits per heavy atom. The zero-order valence-corrected chi connectivity index (χ0v) is 20.4. The number of hydrogen-bond acceptors (Lipinski definition) is 4. The SMILES string of the molecule is CN1CCc2cc(N(C)C)c(S(=O)(=O)c3ccc(Cc4ccccc4Cl)cc3)cc2CC1. The fraction of sp³-hybridized carbons (Fsp3) is 0.308. The van der Waals surface area contributed by atoms with Crippen LogP contribution in [0.25, 0.3) is 0 Å². The van der Waals surface area contributed by atoms with Crippen molar-refractivity contribution in [3.05, 3.63) is 87.9 Å². The molecule has 6 heteroatoms. The summed E-state index contributed by atoms with van der Waals surface area (Å²) in [6.07, 6.45) is 2.46. The standard InChI is InChI=1S/C26H29ClN2O2S/c1-28(2)25-17-20-12-14-29(3)15-13-21(20)18-26(25)32(30,31)23-10-8-19(9-11-23)16-22-6-4-5-7-24(22)27/h4-11,17-18H,12-16H2,1-3H3. The molecule has 0 bridgehead atoms.